The summed E-state index contributed by atoms with van der Waals surface area (Å²) in [6.45, 7) is 4.87. The van der Waals surface area contributed by atoms with Crippen molar-refractivity contribution in [3.05, 3.63) is 23.8 Å². The Labute approximate surface area is 102 Å². The first-order valence-electron chi connectivity index (χ1n) is 5.91. The van der Waals surface area contributed by atoms with Gasteiger partial charge in [0.1, 0.15) is 5.82 Å². The Morgan fingerprint density at radius 2 is 2.35 bits per heavy atom. The third kappa shape index (κ3) is 4.91. The molecule has 0 saturated heterocycles. The lowest BCUT2D eigenvalue weighted by Crippen LogP contribution is -2.28. The van der Waals surface area contributed by atoms with E-state index in [0.717, 1.165) is 12.1 Å². The van der Waals surface area contributed by atoms with Gasteiger partial charge < -0.3 is 11.1 Å². The molecule has 1 atom stereocenters. The highest BCUT2D eigenvalue weighted by molar-refractivity contribution is 5.76. The quantitative estimate of drug-likeness (QED) is 0.764. The van der Waals surface area contributed by atoms with Crippen LogP contribution in [0, 0.1) is 12.8 Å². The Hall–Kier alpha value is -1.49. The van der Waals surface area contributed by atoms with Crippen molar-refractivity contribution in [1.82, 2.24) is 15.3 Å². The van der Waals surface area contributed by atoms with E-state index in [2.05, 4.69) is 15.3 Å². The number of rotatable bonds is 6. The number of aromatic nitrogens is 2. The number of nitrogens with two attached hydrogens (primary N) is 1. The third-order valence-corrected chi connectivity index (χ3v) is 2.69. The van der Waals surface area contributed by atoms with Gasteiger partial charge in [0, 0.05) is 12.6 Å². The van der Waals surface area contributed by atoms with Crippen molar-refractivity contribution < 1.29 is 4.79 Å². The molecule has 3 N–H and O–H groups in total. The minimum absolute atomic E-state index is 0.0264. The average molecular weight is 236 g/mol. The van der Waals surface area contributed by atoms with E-state index < -0.39 is 0 Å². The van der Waals surface area contributed by atoms with Crippen molar-refractivity contribution >= 4 is 5.91 Å². The molecule has 0 radical (unpaired) electrons. The molecule has 17 heavy (non-hydrogen) atoms. The first kappa shape index (κ1) is 13.6. The van der Waals surface area contributed by atoms with Gasteiger partial charge in [0.05, 0.1) is 12.2 Å². The number of carbonyl (C=O) groups excluding carboxylic acids is 1. The van der Waals surface area contributed by atoms with Crippen molar-refractivity contribution in [3.63, 3.8) is 0 Å². The van der Waals surface area contributed by atoms with E-state index in [4.69, 9.17) is 5.73 Å². The van der Waals surface area contributed by atoms with E-state index in [1.54, 1.807) is 12.3 Å². The van der Waals surface area contributed by atoms with Crippen LogP contribution in [-0.4, -0.2) is 22.4 Å². The van der Waals surface area contributed by atoms with Crippen LogP contribution in [0.15, 0.2) is 12.3 Å². The molecule has 1 amide bonds. The smallest absolute Gasteiger partial charge is 0.220 e. The molecule has 0 aliphatic heterocycles. The lowest BCUT2D eigenvalue weighted by Gasteiger charge is -2.11. The summed E-state index contributed by atoms with van der Waals surface area (Å²) in [5.74, 6) is 1.01. The van der Waals surface area contributed by atoms with Crippen molar-refractivity contribution in [2.45, 2.75) is 33.2 Å². The van der Waals surface area contributed by atoms with Crippen LogP contribution in [0.2, 0.25) is 0 Å². The summed E-state index contributed by atoms with van der Waals surface area (Å²) in [5.41, 5.74) is 6.38. The number of aryl methyl sites for hydroxylation is 1. The number of amides is 1. The van der Waals surface area contributed by atoms with Crippen molar-refractivity contribution in [3.8, 4) is 0 Å². The summed E-state index contributed by atoms with van der Waals surface area (Å²) in [7, 11) is 0. The first-order valence-corrected chi connectivity index (χ1v) is 5.91. The molecule has 1 aromatic heterocycles. The summed E-state index contributed by atoms with van der Waals surface area (Å²) in [5, 5.41) is 2.84. The van der Waals surface area contributed by atoms with Gasteiger partial charge in [-0.25, -0.2) is 9.97 Å². The standard InChI is InChI=1S/C12H20N4O/c1-3-10(7-13)6-12(17)15-8-11-4-5-14-9(2)16-11/h4-5,10H,3,6-8,13H2,1-2H3,(H,15,17). The molecule has 1 heterocycles. The van der Waals surface area contributed by atoms with E-state index >= 15 is 0 Å². The fourth-order valence-corrected chi connectivity index (χ4v) is 1.52. The van der Waals surface area contributed by atoms with E-state index in [0.29, 0.717) is 25.3 Å². The molecule has 0 aromatic carbocycles. The van der Waals surface area contributed by atoms with E-state index in [1.807, 2.05) is 13.8 Å². The van der Waals surface area contributed by atoms with Crippen LogP contribution in [0.3, 0.4) is 0 Å². The number of nitrogens with zero attached hydrogens (tertiary/aromatic N) is 2. The van der Waals surface area contributed by atoms with Gasteiger partial charge in [-0.05, 0) is 25.5 Å². The molecular formula is C12H20N4O. The van der Waals surface area contributed by atoms with Crippen molar-refractivity contribution in [2.24, 2.45) is 11.7 Å². The lowest BCUT2D eigenvalue weighted by atomic mass is 10.0. The van der Waals surface area contributed by atoms with E-state index in [9.17, 15) is 4.79 Å². The predicted molar refractivity (Wildman–Crippen MR) is 66.1 cm³/mol. The van der Waals surface area contributed by atoms with Crippen LogP contribution in [-0.2, 0) is 11.3 Å². The van der Waals surface area contributed by atoms with Gasteiger partial charge in [0.15, 0.2) is 0 Å². The number of hydrogen-bond acceptors (Lipinski definition) is 4. The van der Waals surface area contributed by atoms with Gasteiger partial charge >= 0.3 is 0 Å². The summed E-state index contributed by atoms with van der Waals surface area (Å²) in [4.78, 5) is 19.8. The zero-order valence-corrected chi connectivity index (χ0v) is 10.4. The van der Waals surface area contributed by atoms with Crippen molar-refractivity contribution in [2.75, 3.05) is 6.54 Å². The highest BCUT2D eigenvalue weighted by Crippen LogP contribution is 2.05. The molecule has 1 unspecified atom stereocenters. The molecule has 0 aliphatic rings. The van der Waals surface area contributed by atoms with Crippen LogP contribution in [0.1, 0.15) is 31.3 Å². The van der Waals surface area contributed by atoms with Crippen molar-refractivity contribution in [1.29, 1.82) is 0 Å². The zero-order valence-electron chi connectivity index (χ0n) is 10.4. The molecule has 0 saturated carbocycles. The normalized spacial score (nSPS) is 12.2. The second-order valence-corrected chi connectivity index (χ2v) is 4.09. The van der Waals surface area contributed by atoms with Crippen LogP contribution < -0.4 is 11.1 Å². The summed E-state index contributed by atoms with van der Waals surface area (Å²) in [6, 6.07) is 1.80. The molecule has 0 bridgehead atoms. The summed E-state index contributed by atoms with van der Waals surface area (Å²) in [6.07, 6.45) is 3.10. The maximum Gasteiger partial charge on any atom is 0.220 e. The first-order chi connectivity index (χ1) is 8.15. The van der Waals surface area contributed by atoms with Gasteiger partial charge in [-0.3, -0.25) is 4.79 Å². The fourth-order valence-electron chi connectivity index (χ4n) is 1.52. The fraction of sp³-hybridized carbons (Fsp3) is 0.583. The molecule has 1 aromatic rings. The Balaban J connectivity index is 2.38. The van der Waals surface area contributed by atoms with Crippen LogP contribution in [0.25, 0.3) is 0 Å². The minimum Gasteiger partial charge on any atom is -0.350 e. The molecule has 94 valence electrons. The van der Waals surface area contributed by atoms with Gasteiger partial charge in [0.2, 0.25) is 5.91 Å². The molecule has 5 heteroatoms. The Morgan fingerprint density at radius 1 is 1.59 bits per heavy atom. The average Bonchev–Trinajstić information content (AvgIpc) is 2.33. The summed E-state index contributed by atoms with van der Waals surface area (Å²) < 4.78 is 0. The highest BCUT2D eigenvalue weighted by Gasteiger charge is 2.10. The third-order valence-electron chi connectivity index (χ3n) is 2.69. The molecular weight excluding hydrogens is 216 g/mol. The second kappa shape index (κ2) is 6.96. The molecule has 0 fully saturated rings. The number of hydrogen-bond donors (Lipinski definition) is 2. The van der Waals surface area contributed by atoms with Gasteiger partial charge in [-0.15, -0.1) is 0 Å². The predicted octanol–water partition coefficient (Wildman–Crippen LogP) is 0.776. The maximum absolute atomic E-state index is 11.6. The lowest BCUT2D eigenvalue weighted by molar-refractivity contribution is -0.122. The number of nitrogens with one attached hydrogen (secondary N) is 1. The molecule has 1 rings (SSSR count). The number of carbonyl (C=O) groups is 1. The van der Waals surface area contributed by atoms with E-state index in [-0.39, 0.29) is 11.8 Å². The van der Waals surface area contributed by atoms with Crippen LogP contribution in [0.4, 0.5) is 0 Å². The van der Waals surface area contributed by atoms with Gasteiger partial charge in [0.25, 0.3) is 0 Å². The molecule has 0 aliphatic carbocycles. The largest absolute Gasteiger partial charge is 0.350 e. The van der Waals surface area contributed by atoms with Gasteiger partial charge in [-0.2, -0.15) is 0 Å². The topological polar surface area (TPSA) is 80.9 Å². The summed E-state index contributed by atoms with van der Waals surface area (Å²) >= 11 is 0. The minimum atomic E-state index is 0.0264. The second-order valence-electron chi connectivity index (χ2n) is 4.09. The zero-order chi connectivity index (χ0) is 12.7. The Kier molecular flexibility index (Phi) is 5.56. The molecule has 0 spiro atoms. The SMILES string of the molecule is CCC(CN)CC(=O)NCc1ccnc(C)n1. The van der Waals surface area contributed by atoms with E-state index in [1.165, 1.54) is 0 Å². The monoisotopic (exact) mass is 236 g/mol. The Morgan fingerprint density at radius 3 is 2.94 bits per heavy atom. The molecule has 5 nitrogen and oxygen atoms in total. The maximum atomic E-state index is 11.6. The Bertz CT molecular complexity index is 363. The highest BCUT2D eigenvalue weighted by atomic mass is 16.1. The van der Waals surface area contributed by atoms with Gasteiger partial charge in [-0.1, -0.05) is 13.3 Å². The van der Waals surface area contributed by atoms with Crippen LogP contribution in [0.5, 0.6) is 0 Å². The van der Waals surface area contributed by atoms with Crippen LogP contribution >= 0.6 is 0 Å².